The normalized spacial score (nSPS) is 21.1. The molecule has 0 spiro atoms. The SMILES string of the molecule is O=C(OCC(=O)N(C1CCCC1)[C@H]1CCS(=O)(=O)C1)c1ccccc1NCCO. The fraction of sp³-hybridized carbons (Fsp3) is 0.600. The van der Waals surface area contributed by atoms with E-state index in [0.29, 0.717) is 12.1 Å². The summed E-state index contributed by atoms with van der Waals surface area (Å²) in [5.41, 5.74) is 0.804. The van der Waals surface area contributed by atoms with Crippen molar-refractivity contribution in [1.82, 2.24) is 4.90 Å². The fourth-order valence-electron chi connectivity index (χ4n) is 4.17. The summed E-state index contributed by atoms with van der Waals surface area (Å²) in [7, 11) is -3.12. The van der Waals surface area contributed by atoms with E-state index in [0.717, 1.165) is 25.7 Å². The molecule has 8 nitrogen and oxygen atoms in total. The van der Waals surface area contributed by atoms with E-state index in [1.165, 1.54) is 0 Å². The number of ether oxygens (including phenoxy) is 1. The molecule has 160 valence electrons. The summed E-state index contributed by atoms with van der Waals surface area (Å²) in [5, 5.41) is 11.9. The van der Waals surface area contributed by atoms with Gasteiger partial charge in [0.2, 0.25) is 0 Å². The summed E-state index contributed by atoms with van der Waals surface area (Å²) < 4.78 is 29.1. The molecule has 3 rings (SSSR count). The van der Waals surface area contributed by atoms with Crippen molar-refractivity contribution in [3.63, 3.8) is 0 Å². The van der Waals surface area contributed by atoms with Gasteiger partial charge in [-0.05, 0) is 31.4 Å². The molecule has 2 N–H and O–H groups in total. The first-order valence-corrected chi connectivity index (χ1v) is 11.9. The van der Waals surface area contributed by atoms with Gasteiger partial charge in [-0.3, -0.25) is 4.79 Å². The van der Waals surface area contributed by atoms with Crippen LogP contribution in [-0.2, 0) is 19.4 Å². The van der Waals surface area contributed by atoms with Gasteiger partial charge in [0.25, 0.3) is 5.91 Å². The van der Waals surface area contributed by atoms with Gasteiger partial charge in [0.1, 0.15) is 0 Å². The first-order valence-electron chi connectivity index (χ1n) is 10.0. The number of benzene rings is 1. The molecule has 1 aromatic rings. The lowest BCUT2D eigenvalue weighted by atomic mass is 10.1. The molecule has 2 aliphatic rings. The number of sulfone groups is 1. The van der Waals surface area contributed by atoms with Crippen LogP contribution in [0.4, 0.5) is 5.69 Å². The molecule has 1 aliphatic carbocycles. The lowest BCUT2D eigenvalue weighted by molar-refractivity contribution is -0.139. The highest BCUT2D eigenvalue weighted by Gasteiger charge is 2.39. The zero-order valence-electron chi connectivity index (χ0n) is 16.4. The van der Waals surface area contributed by atoms with E-state index in [1.54, 1.807) is 29.2 Å². The van der Waals surface area contributed by atoms with Gasteiger partial charge in [-0.2, -0.15) is 0 Å². The molecule has 1 aliphatic heterocycles. The number of amides is 1. The molecule has 2 fully saturated rings. The van der Waals surface area contributed by atoms with E-state index in [1.807, 2.05) is 0 Å². The Kier molecular flexibility index (Phi) is 7.13. The minimum atomic E-state index is -3.12. The van der Waals surface area contributed by atoms with E-state index in [2.05, 4.69) is 5.32 Å². The number of anilines is 1. The number of carbonyl (C=O) groups excluding carboxylic acids is 2. The van der Waals surface area contributed by atoms with Crippen LogP contribution in [0.25, 0.3) is 0 Å². The number of carbonyl (C=O) groups is 2. The van der Waals surface area contributed by atoms with Gasteiger partial charge in [-0.1, -0.05) is 25.0 Å². The molecule has 0 aromatic heterocycles. The summed E-state index contributed by atoms with van der Waals surface area (Å²) >= 11 is 0. The zero-order valence-corrected chi connectivity index (χ0v) is 17.2. The summed E-state index contributed by atoms with van der Waals surface area (Å²) in [4.78, 5) is 27.1. The highest BCUT2D eigenvalue weighted by molar-refractivity contribution is 7.91. The van der Waals surface area contributed by atoms with Crippen LogP contribution in [0.15, 0.2) is 24.3 Å². The molecule has 1 atom stereocenters. The third-order valence-corrected chi connectivity index (χ3v) is 7.26. The highest BCUT2D eigenvalue weighted by Crippen LogP contribution is 2.29. The Hall–Kier alpha value is -2.13. The summed E-state index contributed by atoms with van der Waals surface area (Å²) in [6.07, 6.45) is 4.16. The van der Waals surface area contributed by atoms with Gasteiger partial charge in [0.15, 0.2) is 16.4 Å². The number of nitrogens with zero attached hydrogens (tertiary/aromatic N) is 1. The maximum Gasteiger partial charge on any atom is 0.340 e. The predicted octanol–water partition coefficient (Wildman–Crippen LogP) is 1.21. The number of aliphatic hydroxyl groups is 1. The van der Waals surface area contributed by atoms with Gasteiger partial charge < -0.3 is 20.1 Å². The summed E-state index contributed by atoms with van der Waals surface area (Å²) in [6, 6.07) is 6.40. The van der Waals surface area contributed by atoms with Crippen LogP contribution in [0.2, 0.25) is 0 Å². The number of para-hydroxylation sites is 1. The lowest BCUT2D eigenvalue weighted by Gasteiger charge is -2.33. The number of aliphatic hydroxyl groups excluding tert-OH is 1. The topological polar surface area (TPSA) is 113 Å². The Balaban J connectivity index is 1.66. The van der Waals surface area contributed by atoms with Crippen LogP contribution < -0.4 is 5.32 Å². The van der Waals surface area contributed by atoms with Crippen molar-refractivity contribution in [3.05, 3.63) is 29.8 Å². The molecular formula is C20H28N2O6S. The molecule has 0 bridgehead atoms. The average Bonchev–Trinajstić information content (AvgIpc) is 3.35. The minimum Gasteiger partial charge on any atom is -0.452 e. The first kappa shape index (κ1) is 21.6. The van der Waals surface area contributed by atoms with E-state index >= 15 is 0 Å². The second-order valence-electron chi connectivity index (χ2n) is 7.57. The molecular weight excluding hydrogens is 396 g/mol. The second kappa shape index (κ2) is 9.58. The van der Waals surface area contributed by atoms with Crippen molar-refractivity contribution < 1.29 is 27.9 Å². The largest absolute Gasteiger partial charge is 0.452 e. The second-order valence-corrected chi connectivity index (χ2v) is 9.80. The fourth-order valence-corrected chi connectivity index (χ4v) is 5.88. The maximum absolute atomic E-state index is 12.9. The molecule has 1 heterocycles. The quantitative estimate of drug-likeness (QED) is 0.603. The van der Waals surface area contributed by atoms with Gasteiger partial charge in [-0.25, -0.2) is 13.2 Å². The molecule has 1 saturated heterocycles. The first-order chi connectivity index (χ1) is 13.9. The zero-order chi connectivity index (χ0) is 20.9. The van der Waals surface area contributed by atoms with Crippen LogP contribution >= 0.6 is 0 Å². The maximum atomic E-state index is 12.9. The molecule has 0 unspecified atom stereocenters. The van der Waals surface area contributed by atoms with Crippen LogP contribution in [0.1, 0.15) is 42.5 Å². The number of esters is 1. The Morgan fingerprint density at radius 3 is 2.52 bits per heavy atom. The Morgan fingerprint density at radius 1 is 1.14 bits per heavy atom. The number of hydrogen-bond acceptors (Lipinski definition) is 7. The van der Waals surface area contributed by atoms with Crippen LogP contribution in [0.5, 0.6) is 0 Å². The predicted molar refractivity (Wildman–Crippen MR) is 108 cm³/mol. The number of hydrogen-bond donors (Lipinski definition) is 2. The molecule has 1 saturated carbocycles. The van der Waals surface area contributed by atoms with Crippen molar-refractivity contribution in [3.8, 4) is 0 Å². The van der Waals surface area contributed by atoms with Gasteiger partial charge in [0.05, 0.1) is 23.7 Å². The number of nitrogens with one attached hydrogen (secondary N) is 1. The van der Waals surface area contributed by atoms with E-state index in [4.69, 9.17) is 9.84 Å². The van der Waals surface area contributed by atoms with Crippen molar-refractivity contribution >= 4 is 27.4 Å². The van der Waals surface area contributed by atoms with Gasteiger partial charge in [-0.15, -0.1) is 0 Å². The van der Waals surface area contributed by atoms with Crippen LogP contribution in [0, 0.1) is 0 Å². The third-order valence-electron chi connectivity index (χ3n) is 5.51. The van der Waals surface area contributed by atoms with Crippen LogP contribution in [0.3, 0.4) is 0 Å². The van der Waals surface area contributed by atoms with E-state index in [-0.39, 0.29) is 48.2 Å². The molecule has 1 aromatic carbocycles. The van der Waals surface area contributed by atoms with Crippen molar-refractivity contribution in [2.75, 3.05) is 36.6 Å². The minimum absolute atomic E-state index is 0.0120. The molecule has 9 heteroatoms. The van der Waals surface area contributed by atoms with Gasteiger partial charge in [0, 0.05) is 24.3 Å². The monoisotopic (exact) mass is 424 g/mol. The summed E-state index contributed by atoms with van der Waals surface area (Å²) in [6.45, 7) is -0.211. The van der Waals surface area contributed by atoms with Crippen molar-refractivity contribution in [1.29, 1.82) is 0 Å². The summed E-state index contributed by atoms with van der Waals surface area (Å²) in [5.74, 6) is -0.896. The van der Waals surface area contributed by atoms with E-state index < -0.39 is 22.4 Å². The standard InChI is InChI=1S/C20H28N2O6S/c23-11-10-21-18-8-4-3-7-17(18)20(25)28-13-19(24)22(15-5-1-2-6-15)16-9-12-29(26,27)14-16/h3-4,7-8,15-16,21,23H,1-2,5-6,9-14H2/t16-/m0/s1. The smallest absolute Gasteiger partial charge is 0.340 e. The Morgan fingerprint density at radius 2 is 1.86 bits per heavy atom. The van der Waals surface area contributed by atoms with Crippen LogP contribution in [-0.4, -0.2) is 73.6 Å². The lowest BCUT2D eigenvalue weighted by Crippen LogP contribution is -2.48. The Labute approximate surface area is 171 Å². The van der Waals surface area contributed by atoms with Crippen molar-refractivity contribution in [2.45, 2.75) is 44.2 Å². The van der Waals surface area contributed by atoms with E-state index in [9.17, 15) is 18.0 Å². The average molecular weight is 425 g/mol. The van der Waals surface area contributed by atoms with Crippen molar-refractivity contribution in [2.24, 2.45) is 0 Å². The number of rotatable bonds is 8. The highest BCUT2D eigenvalue weighted by atomic mass is 32.2. The molecule has 1 amide bonds. The Bertz CT molecular complexity index is 835. The third kappa shape index (κ3) is 5.48. The molecule has 0 radical (unpaired) electrons. The molecule has 29 heavy (non-hydrogen) atoms. The van der Waals surface area contributed by atoms with Gasteiger partial charge >= 0.3 is 5.97 Å².